The van der Waals surface area contributed by atoms with Crippen LogP contribution in [0.3, 0.4) is 0 Å². The van der Waals surface area contributed by atoms with Crippen LogP contribution in [0.4, 0.5) is 10.2 Å². The zero-order chi connectivity index (χ0) is 18.0. The molecule has 0 atom stereocenters. The average Bonchev–Trinajstić information content (AvgIpc) is 2.61. The van der Waals surface area contributed by atoms with Crippen molar-refractivity contribution in [3.63, 3.8) is 0 Å². The Bertz CT molecular complexity index is 993. The minimum Gasteiger partial charge on any atom is -0.496 e. The van der Waals surface area contributed by atoms with Gasteiger partial charge in [0, 0.05) is 22.4 Å². The number of anilines is 1. The summed E-state index contributed by atoms with van der Waals surface area (Å²) in [5.41, 5.74) is 9.41. The van der Waals surface area contributed by atoms with E-state index in [4.69, 9.17) is 10.5 Å². The van der Waals surface area contributed by atoms with Crippen LogP contribution in [-0.2, 0) is 0 Å². The number of aryl methyl sites for hydroxylation is 1. The summed E-state index contributed by atoms with van der Waals surface area (Å²) in [6.45, 7) is 1.81. The lowest BCUT2D eigenvalue weighted by Gasteiger charge is -2.18. The molecule has 0 saturated carbocycles. The van der Waals surface area contributed by atoms with E-state index >= 15 is 0 Å². The van der Waals surface area contributed by atoms with Crippen LogP contribution in [0.25, 0.3) is 22.3 Å². The fourth-order valence-corrected chi connectivity index (χ4v) is 2.95. The first kappa shape index (κ1) is 16.5. The lowest BCUT2D eigenvalue weighted by molar-refractivity contribution is 0.416. The molecule has 3 aromatic rings. The highest BCUT2D eigenvalue weighted by molar-refractivity contribution is 5.92. The average molecular weight is 333 g/mol. The highest BCUT2D eigenvalue weighted by Gasteiger charge is 2.21. The molecule has 25 heavy (non-hydrogen) atoms. The second-order valence-electron chi connectivity index (χ2n) is 5.53. The molecule has 3 rings (SSSR count). The van der Waals surface area contributed by atoms with Gasteiger partial charge in [-0.15, -0.1) is 0 Å². The molecule has 2 aromatic carbocycles. The number of pyridine rings is 1. The molecule has 124 valence electrons. The van der Waals surface area contributed by atoms with Crippen molar-refractivity contribution in [3.8, 4) is 34.1 Å². The summed E-state index contributed by atoms with van der Waals surface area (Å²) in [4.78, 5) is 4.31. The summed E-state index contributed by atoms with van der Waals surface area (Å²) in [6.07, 6.45) is 0. The van der Waals surface area contributed by atoms with E-state index in [9.17, 15) is 9.65 Å². The molecule has 0 bridgehead atoms. The van der Waals surface area contributed by atoms with E-state index in [-0.39, 0.29) is 17.2 Å². The fraction of sp³-hybridized carbons (Fsp3) is 0.100. The normalized spacial score (nSPS) is 10.3. The van der Waals surface area contributed by atoms with E-state index < -0.39 is 0 Å². The number of hydrogen-bond donors (Lipinski definition) is 1. The van der Waals surface area contributed by atoms with E-state index in [1.54, 1.807) is 19.2 Å². The molecule has 0 saturated heterocycles. The number of rotatable bonds is 3. The molecule has 1 aromatic heterocycles. The molecule has 0 aliphatic rings. The molecular formula is C20H16FN3O. The number of benzene rings is 2. The fourth-order valence-electron chi connectivity index (χ4n) is 2.95. The van der Waals surface area contributed by atoms with Crippen molar-refractivity contribution in [2.75, 3.05) is 12.8 Å². The van der Waals surface area contributed by atoms with Crippen LogP contribution in [0.15, 0.2) is 48.5 Å². The van der Waals surface area contributed by atoms with Gasteiger partial charge in [0.1, 0.15) is 29.0 Å². The number of para-hydroxylation sites is 1. The molecule has 0 spiro atoms. The van der Waals surface area contributed by atoms with Crippen molar-refractivity contribution in [1.82, 2.24) is 4.98 Å². The second-order valence-corrected chi connectivity index (χ2v) is 5.53. The van der Waals surface area contributed by atoms with Crippen LogP contribution in [0, 0.1) is 24.1 Å². The first-order valence-corrected chi connectivity index (χ1v) is 7.66. The number of nitriles is 1. The van der Waals surface area contributed by atoms with Gasteiger partial charge in [0.2, 0.25) is 0 Å². The van der Waals surface area contributed by atoms with Gasteiger partial charge in [-0.2, -0.15) is 5.26 Å². The van der Waals surface area contributed by atoms with Gasteiger partial charge in [-0.05, 0) is 30.7 Å². The molecular weight excluding hydrogens is 317 g/mol. The predicted octanol–water partition coefficient (Wildman–Crippen LogP) is 4.33. The Morgan fingerprint density at radius 1 is 1.12 bits per heavy atom. The zero-order valence-corrected chi connectivity index (χ0v) is 13.9. The minimum absolute atomic E-state index is 0.123. The van der Waals surface area contributed by atoms with Crippen LogP contribution in [-0.4, -0.2) is 12.1 Å². The predicted molar refractivity (Wildman–Crippen MR) is 95.5 cm³/mol. The van der Waals surface area contributed by atoms with E-state index in [0.717, 1.165) is 5.56 Å². The Kier molecular flexibility index (Phi) is 4.36. The lowest BCUT2D eigenvalue weighted by Crippen LogP contribution is -2.04. The Hall–Kier alpha value is -3.39. The maximum absolute atomic E-state index is 13.8. The lowest BCUT2D eigenvalue weighted by atomic mass is 9.89. The molecule has 1 heterocycles. The Labute approximate surface area is 145 Å². The first-order chi connectivity index (χ1) is 12.1. The highest BCUT2D eigenvalue weighted by atomic mass is 19.1. The van der Waals surface area contributed by atoms with Crippen molar-refractivity contribution in [2.45, 2.75) is 6.92 Å². The zero-order valence-electron chi connectivity index (χ0n) is 13.9. The Balaban J connectivity index is 2.45. The topological polar surface area (TPSA) is 71.9 Å². The summed E-state index contributed by atoms with van der Waals surface area (Å²) < 4.78 is 19.3. The Morgan fingerprint density at radius 2 is 1.88 bits per heavy atom. The molecule has 0 aliphatic heterocycles. The molecule has 2 N–H and O–H groups in total. The van der Waals surface area contributed by atoms with E-state index in [1.165, 1.54) is 12.1 Å². The quantitative estimate of drug-likeness (QED) is 0.774. The SMILES string of the molecule is COc1ccccc1-c1c(C)nc(N)c(C#N)c1-c1cccc(F)c1. The summed E-state index contributed by atoms with van der Waals surface area (Å²) in [5.74, 6) is 0.372. The van der Waals surface area contributed by atoms with Gasteiger partial charge in [0.05, 0.1) is 7.11 Å². The summed E-state index contributed by atoms with van der Waals surface area (Å²) in [7, 11) is 1.58. The molecule has 4 nitrogen and oxygen atoms in total. The van der Waals surface area contributed by atoms with Crippen molar-refractivity contribution in [3.05, 3.63) is 65.6 Å². The van der Waals surface area contributed by atoms with E-state index in [0.29, 0.717) is 28.1 Å². The molecule has 0 unspecified atom stereocenters. The van der Waals surface area contributed by atoms with E-state index in [2.05, 4.69) is 11.1 Å². The van der Waals surface area contributed by atoms with Crippen LogP contribution in [0.5, 0.6) is 5.75 Å². The van der Waals surface area contributed by atoms with Crippen LogP contribution < -0.4 is 10.5 Å². The third-order valence-electron chi connectivity index (χ3n) is 4.01. The van der Waals surface area contributed by atoms with Gasteiger partial charge in [0.15, 0.2) is 0 Å². The van der Waals surface area contributed by atoms with Gasteiger partial charge in [-0.3, -0.25) is 0 Å². The summed E-state index contributed by atoms with van der Waals surface area (Å²) >= 11 is 0. The maximum atomic E-state index is 13.8. The van der Waals surface area contributed by atoms with Gasteiger partial charge >= 0.3 is 0 Å². The number of ether oxygens (including phenoxy) is 1. The number of nitrogens with zero attached hydrogens (tertiary/aromatic N) is 2. The molecule has 0 fully saturated rings. The Morgan fingerprint density at radius 3 is 2.56 bits per heavy atom. The molecule has 0 aliphatic carbocycles. The van der Waals surface area contributed by atoms with Gasteiger partial charge in [-0.25, -0.2) is 9.37 Å². The van der Waals surface area contributed by atoms with Crippen LogP contribution in [0.1, 0.15) is 11.3 Å². The first-order valence-electron chi connectivity index (χ1n) is 7.66. The third-order valence-corrected chi connectivity index (χ3v) is 4.01. The van der Waals surface area contributed by atoms with E-state index in [1.807, 2.05) is 31.2 Å². The highest BCUT2D eigenvalue weighted by Crippen LogP contribution is 2.42. The van der Waals surface area contributed by atoms with Gasteiger partial charge in [-0.1, -0.05) is 30.3 Å². The number of hydrogen-bond acceptors (Lipinski definition) is 4. The smallest absolute Gasteiger partial charge is 0.142 e. The largest absolute Gasteiger partial charge is 0.496 e. The number of methoxy groups -OCH3 is 1. The molecule has 5 heteroatoms. The number of aromatic nitrogens is 1. The van der Waals surface area contributed by atoms with Gasteiger partial charge < -0.3 is 10.5 Å². The number of nitrogen functional groups attached to an aromatic ring is 1. The standard InChI is InChI=1S/C20H16FN3O/c1-12-18(15-8-3-4-9-17(15)25-2)19(16(11-22)20(23)24-12)13-6-5-7-14(21)10-13/h3-10H,1-2H3,(H2,23,24). The van der Waals surface area contributed by atoms with Crippen LogP contribution in [0.2, 0.25) is 0 Å². The van der Waals surface area contributed by atoms with Crippen molar-refractivity contribution in [1.29, 1.82) is 5.26 Å². The van der Waals surface area contributed by atoms with Crippen molar-refractivity contribution in [2.24, 2.45) is 0 Å². The van der Waals surface area contributed by atoms with Crippen molar-refractivity contribution >= 4 is 5.82 Å². The third kappa shape index (κ3) is 2.90. The minimum atomic E-state index is -0.389. The molecule has 0 amide bonds. The van der Waals surface area contributed by atoms with Crippen LogP contribution >= 0.6 is 0 Å². The maximum Gasteiger partial charge on any atom is 0.142 e. The monoisotopic (exact) mass is 333 g/mol. The molecule has 0 radical (unpaired) electrons. The summed E-state index contributed by atoms with van der Waals surface area (Å²) in [6, 6.07) is 15.6. The summed E-state index contributed by atoms with van der Waals surface area (Å²) in [5, 5.41) is 9.62. The number of halogens is 1. The number of nitrogens with two attached hydrogens (primary N) is 1. The van der Waals surface area contributed by atoms with Gasteiger partial charge in [0.25, 0.3) is 0 Å². The van der Waals surface area contributed by atoms with Crippen molar-refractivity contribution < 1.29 is 9.13 Å². The second kappa shape index (κ2) is 6.62.